The molecule has 3 nitrogen and oxygen atoms in total. The minimum absolute atomic E-state index is 0.0669. The highest BCUT2D eigenvalue weighted by atomic mass is 32.2. The number of carbonyl (C=O) groups is 1. The second kappa shape index (κ2) is 7.26. The standard InChI is InChI=1S/C19H20FNO2S/c1-3-23-17-7-5-4-6-15(17)19-21(18(22)12-24-19)11-14-9-8-13(2)16(20)10-14/h4-10,19H,3,11-12H2,1-2H3. The maximum absolute atomic E-state index is 13.8. The Morgan fingerprint density at radius 3 is 2.83 bits per heavy atom. The Balaban J connectivity index is 1.88. The van der Waals surface area contributed by atoms with Gasteiger partial charge >= 0.3 is 0 Å². The van der Waals surface area contributed by atoms with Crippen LogP contribution in [0.25, 0.3) is 0 Å². The first kappa shape index (κ1) is 16.8. The number of hydrogen-bond donors (Lipinski definition) is 0. The van der Waals surface area contributed by atoms with Gasteiger partial charge in [-0.25, -0.2) is 4.39 Å². The summed E-state index contributed by atoms with van der Waals surface area (Å²) in [6, 6.07) is 12.9. The fraction of sp³-hybridized carbons (Fsp3) is 0.316. The Kier molecular flexibility index (Phi) is 5.09. The quantitative estimate of drug-likeness (QED) is 0.809. The van der Waals surface area contributed by atoms with Gasteiger partial charge in [0, 0.05) is 12.1 Å². The number of para-hydroxylation sites is 1. The Morgan fingerprint density at radius 2 is 2.08 bits per heavy atom. The van der Waals surface area contributed by atoms with Crippen LogP contribution in [0.5, 0.6) is 5.75 Å². The average Bonchev–Trinajstić information content (AvgIpc) is 2.93. The fourth-order valence-electron chi connectivity index (χ4n) is 2.79. The van der Waals surface area contributed by atoms with Crippen LogP contribution in [0.1, 0.15) is 29.0 Å². The van der Waals surface area contributed by atoms with E-state index in [0.29, 0.717) is 24.5 Å². The Bertz CT molecular complexity index is 750. The molecule has 2 aromatic rings. The van der Waals surface area contributed by atoms with Crippen LogP contribution in [0.2, 0.25) is 0 Å². The second-order valence-electron chi connectivity index (χ2n) is 5.74. The Hall–Kier alpha value is -2.01. The third-order valence-electron chi connectivity index (χ3n) is 4.04. The molecule has 0 spiro atoms. The summed E-state index contributed by atoms with van der Waals surface area (Å²) in [4.78, 5) is 14.2. The van der Waals surface area contributed by atoms with Crippen LogP contribution < -0.4 is 4.74 Å². The molecule has 1 saturated heterocycles. The molecule has 0 bridgehead atoms. The van der Waals surface area contributed by atoms with Gasteiger partial charge in [-0.15, -0.1) is 11.8 Å². The zero-order chi connectivity index (χ0) is 17.1. The monoisotopic (exact) mass is 345 g/mol. The summed E-state index contributed by atoms with van der Waals surface area (Å²) in [6.07, 6.45) is 0. The minimum Gasteiger partial charge on any atom is -0.493 e. The summed E-state index contributed by atoms with van der Waals surface area (Å²) < 4.78 is 19.5. The van der Waals surface area contributed by atoms with Crippen LogP contribution in [0.3, 0.4) is 0 Å². The second-order valence-corrected chi connectivity index (χ2v) is 6.81. The summed E-state index contributed by atoms with van der Waals surface area (Å²) in [5.74, 6) is 1.06. The van der Waals surface area contributed by atoms with Gasteiger partial charge in [0.15, 0.2) is 0 Å². The molecule has 1 unspecified atom stereocenters. The zero-order valence-corrected chi connectivity index (χ0v) is 14.6. The minimum atomic E-state index is -0.238. The van der Waals surface area contributed by atoms with Crippen molar-refractivity contribution in [2.45, 2.75) is 25.8 Å². The van der Waals surface area contributed by atoms with E-state index in [-0.39, 0.29) is 17.1 Å². The van der Waals surface area contributed by atoms with Crippen LogP contribution >= 0.6 is 11.8 Å². The van der Waals surface area contributed by atoms with E-state index in [1.54, 1.807) is 29.7 Å². The number of amides is 1. The first-order valence-electron chi connectivity index (χ1n) is 7.98. The van der Waals surface area contributed by atoms with Crippen molar-refractivity contribution in [3.8, 4) is 5.75 Å². The largest absolute Gasteiger partial charge is 0.493 e. The number of rotatable bonds is 5. The summed E-state index contributed by atoms with van der Waals surface area (Å²) in [5, 5.41) is -0.107. The van der Waals surface area contributed by atoms with E-state index in [9.17, 15) is 9.18 Å². The van der Waals surface area contributed by atoms with Gasteiger partial charge in [0.25, 0.3) is 0 Å². The van der Waals surface area contributed by atoms with E-state index in [0.717, 1.165) is 16.9 Å². The molecule has 1 fully saturated rings. The van der Waals surface area contributed by atoms with E-state index < -0.39 is 0 Å². The SMILES string of the molecule is CCOc1ccccc1C1SCC(=O)N1Cc1ccc(C)c(F)c1. The van der Waals surface area contributed by atoms with Gasteiger partial charge in [0.1, 0.15) is 16.9 Å². The van der Waals surface area contributed by atoms with E-state index in [1.807, 2.05) is 37.3 Å². The van der Waals surface area contributed by atoms with Crippen molar-refractivity contribution in [2.75, 3.05) is 12.4 Å². The van der Waals surface area contributed by atoms with Gasteiger partial charge in [0.05, 0.1) is 12.4 Å². The molecule has 1 amide bonds. The summed E-state index contributed by atoms with van der Waals surface area (Å²) in [5.41, 5.74) is 2.40. The molecule has 2 aromatic carbocycles. The van der Waals surface area contributed by atoms with Crippen molar-refractivity contribution < 1.29 is 13.9 Å². The lowest BCUT2D eigenvalue weighted by Gasteiger charge is -2.26. The van der Waals surface area contributed by atoms with Crippen LogP contribution in [-0.4, -0.2) is 23.2 Å². The van der Waals surface area contributed by atoms with Crippen molar-refractivity contribution in [1.82, 2.24) is 4.90 Å². The highest BCUT2D eigenvalue weighted by molar-refractivity contribution is 8.00. The van der Waals surface area contributed by atoms with E-state index in [4.69, 9.17) is 4.74 Å². The molecule has 126 valence electrons. The van der Waals surface area contributed by atoms with Gasteiger partial charge in [-0.3, -0.25) is 4.79 Å². The van der Waals surface area contributed by atoms with Crippen LogP contribution in [0.15, 0.2) is 42.5 Å². The lowest BCUT2D eigenvalue weighted by molar-refractivity contribution is -0.128. The molecule has 24 heavy (non-hydrogen) atoms. The molecule has 5 heteroatoms. The molecular formula is C19H20FNO2S. The molecule has 0 aliphatic carbocycles. The molecular weight excluding hydrogens is 325 g/mol. The van der Waals surface area contributed by atoms with Crippen molar-refractivity contribution in [2.24, 2.45) is 0 Å². The topological polar surface area (TPSA) is 29.5 Å². The Labute approximate surface area is 145 Å². The molecule has 1 aliphatic rings. The maximum Gasteiger partial charge on any atom is 0.234 e. The van der Waals surface area contributed by atoms with Gasteiger partial charge in [-0.2, -0.15) is 0 Å². The molecule has 1 atom stereocenters. The normalized spacial score (nSPS) is 17.4. The number of thioether (sulfide) groups is 1. The van der Waals surface area contributed by atoms with E-state index >= 15 is 0 Å². The van der Waals surface area contributed by atoms with Crippen molar-refractivity contribution >= 4 is 17.7 Å². The van der Waals surface area contributed by atoms with Crippen molar-refractivity contribution in [1.29, 1.82) is 0 Å². The smallest absolute Gasteiger partial charge is 0.234 e. The third kappa shape index (κ3) is 3.41. The molecule has 3 rings (SSSR count). The van der Waals surface area contributed by atoms with Crippen LogP contribution in [0, 0.1) is 12.7 Å². The van der Waals surface area contributed by atoms with E-state index in [1.165, 1.54) is 6.07 Å². The number of aryl methyl sites for hydroxylation is 1. The van der Waals surface area contributed by atoms with Gasteiger partial charge in [-0.05, 0) is 37.1 Å². The first-order chi connectivity index (χ1) is 11.6. The third-order valence-corrected chi connectivity index (χ3v) is 5.28. The first-order valence-corrected chi connectivity index (χ1v) is 9.03. The van der Waals surface area contributed by atoms with Gasteiger partial charge in [0.2, 0.25) is 5.91 Å². The highest BCUT2D eigenvalue weighted by Gasteiger charge is 2.34. The van der Waals surface area contributed by atoms with Crippen molar-refractivity contribution in [3.63, 3.8) is 0 Å². The summed E-state index contributed by atoms with van der Waals surface area (Å²) in [7, 11) is 0. The molecule has 1 aliphatic heterocycles. The van der Waals surface area contributed by atoms with E-state index in [2.05, 4.69) is 0 Å². The lowest BCUT2D eigenvalue weighted by atomic mass is 10.1. The van der Waals surface area contributed by atoms with Crippen LogP contribution in [0.4, 0.5) is 4.39 Å². The number of halogens is 1. The molecule has 0 saturated carbocycles. The number of ether oxygens (including phenoxy) is 1. The molecule has 0 radical (unpaired) electrons. The maximum atomic E-state index is 13.8. The summed E-state index contributed by atoms with van der Waals surface area (Å²) >= 11 is 1.58. The van der Waals surface area contributed by atoms with Gasteiger partial charge in [-0.1, -0.05) is 30.3 Å². The van der Waals surface area contributed by atoms with Crippen molar-refractivity contribution in [3.05, 3.63) is 65.0 Å². The molecule has 0 N–H and O–H groups in total. The number of benzene rings is 2. The van der Waals surface area contributed by atoms with Gasteiger partial charge < -0.3 is 9.64 Å². The number of carbonyl (C=O) groups excluding carboxylic acids is 1. The molecule has 0 aromatic heterocycles. The predicted molar refractivity (Wildman–Crippen MR) is 94.5 cm³/mol. The lowest BCUT2D eigenvalue weighted by Crippen LogP contribution is -2.28. The van der Waals surface area contributed by atoms with Crippen LogP contribution in [-0.2, 0) is 11.3 Å². The Morgan fingerprint density at radius 1 is 1.29 bits per heavy atom. The zero-order valence-electron chi connectivity index (χ0n) is 13.8. The fourth-order valence-corrected chi connectivity index (χ4v) is 4.00. The highest BCUT2D eigenvalue weighted by Crippen LogP contribution is 2.43. The number of nitrogens with zero attached hydrogens (tertiary/aromatic N) is 1. The molecule has 1 heterocycles. The number of hydrogen-bond acceptors (Lipinski definition) is 3. The predicted octanol–water partition coefficient (Wildman–Crippen LogP) is 4.31. The average molecular weight is 345 g/mol. The summed E-state index contributed by atoms with van der Waals surface area (Å²) in [6.45, 7) is 4.65.